The Bertz CT molecular complexity index is 608. The fourth-order valence-electron chi connectivity index (χ4n) is 4.45. The maximum Gasteiger partial charge on any atom is 0.191 e. The van der Waals surface area contributed by atoms with Crippen LogP contribution in [0.3, 0.4) is 0 Å². The molecule has 3 saturated heterocycles. The maximum atomic E-state index is 5.94. The molecule has 6 heteroatoms. The zero-order valence-corrected chi connectivity index (χ0v) is 15.3. The molecule has 138 valence electrons. The predicted octanol–water partition coefficient (Wildman–Crippen LogP) is 2.21. The fraction of sp³-hybridized carbons (Fsp3) is 0.737. The molecule has 4 heterocycles. The second-order valence-electron chi connectivity index (χ2n) is 7.52. The Labute approximate surface area is 150 Å². The van der Waals surface area contributed by atoms with Crippen molar-refractivity contribution in [3.8, 4) is 0 Å². The number of aryl methyl sites for hydroxylation is 1. The van der Waals surface area contributed by atoms with Crippen LogP contribution in [-0.4, -0.2) is 55.8 Å². The monoisotopic (exact) mass is 346 g/mol. The Kier molecular flexibility index (Phi) is 4.99. The van der Waals surface area contributed by atoms with E-state index in [0.29, 0.717) is 18.2 Å². The molecule has 4 unspecified atom stereocenters. The van der Waals surface area contributed by atoms with Gasteiger partial charge in [0.15, 0.2) is 5.96 Å². The van der Waals surface area contributed by atoms with E-state index in [9.17, 15) is 0 Å². The number of aliphatic imine (C=N–C) groups is 1. The van der Waals surface area contributed by atoms with E-state index in [-0.39, 0.29) is 6.04 Å². The summed E-state index contributed by atoms with van der Waals surface area (Å²) in [6.07, 6.45) is 6.82. The van der Waals surface area contributed by atoms with Gasteiger partial charge in [-0.3, -0.25) is 9.89 Å². The van der Waals surface area contributed by atoms with Crippen molar-refractivity contribution in [1.29, 1.82) is 0 Å². The lowest BCUT2D eigenvalue weighted by atomic mass is 9.96. The molecule has 3 aliphatic heterocycles. The van der Waals surface area contributed by atoms with E-state index in [0.717, 1.165) is 43.5 Å². The quantitative estimate of drug-likeness (QED) is 0.632. The summed E-state index contributed by atoms with van der Waals surface area (Å²) in [6, 6.07) is 4.81. The van der Waals surface area contributed by atoms with Crippen LogP contribution in [0.1, 0.15) is 49.7 Å². The largest absolute Gasteiger partial charge is 0.465 e. The molecule has 0 amide bonds. The number of nitrogens with one attached hydrogen (secondary N) is 2. The molecule has 1 aromatic heterocycles. The summed E-state index contributed by atoms with van der Waals surface area (Å²) >= 11 is 0. The van der Waals surface area contributed by atoms with Crippen LogP contribution < -0.4 is 10.6 Å². The average Bonchev–Trinajstić information content (AvgIpc) is 3.39. The van der Waals surface area contributed by atoms with Crippen molar-refractivity contribution in [3.05, 3.63) is 23.7 Å². The molecular formula is C19H30N4O2. The van der Waals surface area contributed by atoms with E-state index in [1.165, 1.54) is 25.7 Å². The number of hydrogen-bond acceptors (Lipinski definition) is 4. The lowest BCUT2D eigenvalue weighted by Crippen LogP contribution is -2.49. The Balaban J connectivity index is 1.37. The minimum Gasteiger partial charge on any atom is -0.465 e. The number of fused-ring (bicyclic) bond motifs is 2. The number of rotatable bonds is 5. The molecule has 3 fully saturated rings. The maximum absolute atomic E-state index is 5.94. The zero-order chi connectivity index (χ0) is 17.2. The van der Waals surface area contributed by atoms with Crippen LogP contribution >= 0.6 is 0 Å². The summed E-state index contributed by atoms with van der Waals surface area (Å²) in [4.78, 5) is 6.94. The molecule has 25 heavy (non-hydrogen) atoms. The molecule has 2 bridgehead atoms. The first-order valence-electron chi connectivity index (χ1n) is 9.66. The second-order valence-corrected chi connectivity index (χ2v) is 7.52. The lowest BCUT2D eigenvalue weighted by molar-refractivity contribution is 0.0992. The van der Waals surface area contributed by atoms with E-state index in [1.807, 2.05) is 14.0 Å². The Hall–Kier alpha value is -1.53. The van der Waals surface area contributed by atoms with Crippen molar-refractivity contribution < 1.29 is 9.15 Å². The molecule has 0 radical (unpaired) electrons. The van der Waals surface area contributed by atoms with Crippen LogP contribution in [0.15, 0.2) is 21.5 Å². The molecule has 3 aliphatic rings. The lowest BCUT2D eigenvalue weighted by Gasteiger charge is -2.28. The molecule has 0 spiro atoms. The predicted molar refractivity (Wildman–Crippen MR) is 97.8 cm³/mol. The third-order valence-corrected chi connectivity index (χ3v) is 5.79. The third-order valence-electron chi connectivity index (χ3n) is 5.79. The molecule has 0 aliphatic carbocycles. The Morgan fingerprint density at radius 2 is 2.16 bits per heavy atom. The normalized spacial score (nSPS) is 30.8. The molecule has 0 saturated carbocycles. The highest BCUT2D eigenvalue weighted by molar-refractivity contribution is 5.80. The van der Waals surface area contributed by atoms with E-state index in [4.69, 9.17) is 9.15 Å². The van der Waals surface area contributed by atoms with Gasteiger partial charge >= 0.3 is 0 Å². The molecule has 0 aromatic carbocycles. The van der Waals surface area contributed by atoms with Gasteiger partial charge in [0.2, 0.25) is 0 Å². The van der Waals surface area contributed by atoms with Crippen LogP contribution in [0.25, 0.3) is 0 Å². The van der Waals surface area contributed by atoms with Gasteiger partial charge in [-0.25, -0.2) is 0 Å². The van der Waals surface area contributed by atoms with Gasteiger partial charge in [0.25, 0.3) is 0 Å². The van der Waals surface area contributed by atoms with Gasteiger partial charge < -0.3 is 19.8 Å². The zero-order valence-electron chi connectivity index (χ0n) is 15.3. The SMILES string of the molecule is CN=C(NCC(c1ccc(C)o1)N1CCCC1)NC1CC2CCC1O2. The van der Waals surface area contributed by atoms with Crippen molar-refractivity contribution in [3.63, 3.8) is 0 Å². The summed E-state index contributed by atoms with van der Waals surface area (Å²) in [5.41, 5.74) is 0. The Morgan fingerprint density at radius 3 is 2.76 bits per heavy atom. The molecular weight excluding hydrogens is 316 g/mol. The van der Waals surface area contributed by atoms with Crippen LogP contribution in [0.4, 0.5) is 0 Å². The number of nitrogens with zero attached hydrogens (tertiary/aromatic N) is 2. The smallest absolute Gasteiger partial charge is 0.191 e. The van der Waals surface area contributed by atoms with E-state index < -0.39 is 0 Å². The van der Waals surface area contributed by atoms with Crippen molar-refractivity contribution >= 4 is 5.96 Å². The molecule has 2 N–H and O–H groups in total. The first kappa shape index (κ1) is 16.9. The topological polar surface area (TPSA) is 62.0 Å². The van der Waals surface area contributed by atoms with E-state index in [1.54, 1.807) is 0 Å². The minimum absolute atomic E-state index is 0.256. The second kappa shape index (κ2) is 7.38. The highest BCUT2D eigenvalue weighted by atomic mass is 16.5. The average molecular weight is 346 g/mol. The summed E-state index contributed by atoms with van der Waals surface area (Å²) < 4.78 is 11.9. The summed E-state index contributed by atoms with van der Waals surface area (Å²) in [5, 5.41) is 7.09. The number of likely N-dealkylation sites (tertiary alicyclic amines) is 1. The number of guanidine groups is 1. The van der Waals surface area contributed by atoms with Crippen molar-refractivity contribution in [2.75, 3.05) is 26.7 Å². The first-order valence-corrected chi connectivity index (χ1v) is 9.66. The minimum atomic E-state index is 0.256. The summed E-state index contributed by atoms with van der Waals surface area (Å²) in [5.74, 6) is 2.89. The van der Waals surface area contributed by atoms with Crippen LogP contribution in [0, 0.1) is 6.92 Å². The van der Waals surface area contributed by atoms with Gasteiger partial charge in [-0.2, -0.15) is 0 Å². The standard InChI is InChI=1S/C19H30N4O2/c1-13-5-7-18(24-13)16(23-9-3-4-10-23)12-21-19(20-2)22-15-11-14-6-8-17(15)25-14/h5,7,14-17H,3-4,6,8-12H2,1-2H3,(H2,20,21,22). The fourth-order valence-corrected chi connectivity index (χ4v) is 4.45. The van der Waals surface area contributed by atoms with E-state index in [2.05, 4.69) is 32.7 Å². The van der Waals surface area contributed by atoms with Crippen molar-refractivity contribution in [1.82, 2.24) is 15.5 Å². The van der Waals surface area contributed by atoms with E-state index >= 15 is 0 Å². The van der Waals surface area contributed by atoms with Crippen LogP contribution in [0.2, 0.25) is 0 Å². The van der Waals surface area contributed by atoms with Gasteiger partial charge in [0.05, 0.1) is 24.3 Å². The molecule has 4 atom stereocenters. The summed E-state index contributed by atoms with van der Waals surface area (Å²) in [7, 11) is 1.84. The van der Waals surface area contributed by atoms with Gasteiger partial charge in [0.1, 0.15) is 11.5 Å². The molecule has 4 rings (SSSR count). The Morgan fingerprint density at radius 1 is 1.32 bits per heavy atom. The van der Waals surface area contributed by atoms with Gasteiger partial charge in [-0.1, -0.05) is 0 Å². The number of furan rings is 1. The first-order chi connectivity index (χ1) is 12.2. The van der Waals surface area contributed by atoms with Crippen molar-refractivity contribution in [2.45, 2.75) is 63.3 Å². The third kappa shape index (κ3) is 3.70. The van der Waals surface area contributed by atoms with Gasteiger partial charge in [0, 0.05) is 13.6 Å². The summed E-state index contributed by atoms with van der Waals surface area (Å²) in [6.45, 7) is 5.08. The van der Waals surface area contributed by atoms with Crippen LogP contribution in [0.5, 0.6) is 0 Å². The highest BCUT2D eigenvalue weighted by Crippen LogP contribution is 2.34. The number of ether oxygens (including phenoxy) is 1. The number of hydrogen-bond donors (Lipinski definition) is 2. The van der Waals surface area contributed by atoms with Crippen molar-refractivity contribution in [2.24, 2.45) is 4.99 Å². The van der Waals surface area contributed by atoms with Crippen LogP contribution in [-0.2, 0) is 4.74 Å². The van der Waals surface area contributed by atoms with Gasteiger partial charge in [-0.15, -0.1) is 0 Å². The van der Waals surface area contributed by atoms with Gasteiger partial charge in [-0.05, 0) is 64.3 Å². The molecule has 6 nitrogen and oxygen atoms in total. The highest BCUT2D eigenvalue weighted by Gasteiger charge is 2.41. The molecule has 1 aromatic rings.